The van der Waals surface area contributed by atoms with E-state index < -0.39 is 0 Å². The first kappa shape index (κ1) is 14.2. The van der Waals surface area contributed by atoms with Gasteiger partial charge in [-0.2, -0.15) is 0 Å². The number of nitrogens with one attached hydrogen (secondary N) is 2. The standard InChI is InChI=1S/C19H18FN3/c20-15-5-3-14(4-6-15)19-16(13-7-10-21-11-8-13)12-18(23-19)17-2-1-9-22-17/h3-8,10-12,17,22-23H,1-2,9H2. The van der Waals surface area contributed by atoms with Gasteiger partial charge in [-0.25, -0.2) is 4.39 Å². The minimum atomic E-state index is -0.219. The Bertz CT molecular complexity index is 787. The van der Waals surface area contributed by atoms with Crippen molar-refractivity contribution in [3.63, 3.8) is 0 Å². The normalized spacial score (nSPS) is 17.5. The average Bonchev–Trinajstić information content (AvgIpc) is 3.26. The first-order valence-electron chi connectivity index (χ1n) is 7.94. The van der Waals surface area contributed by atoms with Gasteiger partial charge in [0.2, 0.25) is 0 Å². The molecular formula is C19H18FN3. The fraction of sp³-hybridized carbons (Fsp3) is 0.211. The molecular weight excluding hydrogens is 289 g/mol. The Morgan fingerprint density at radius 3 is 2.48 bits per heavy atom. The second-order valence-electron chi connectivity index (χ2n) is 5.91. The maximum atomic E-state index is 13.2. The molecule has 0 amide bonds. The predicted molar refractivity (Wildman–Crippen MR) is 89.4 cm³/mol. The maximum absolute atomic E-state index is 13.2. The summed E-state index contributed by atoms with van der Waals surface area (Å²) in [6.07, 6.45) is 5.92. The van der Waals surface area contributed by atoms with Crippen molar-refractivity contribution in [2.75, 3.05) is 6.54 Å². The second kappa shape index (κ2) is 5.97. The fourth-order valence-electron chi connectivity index (χ4n) is 3.22. The van der Waals surface area contributed by atoms with Crippen molar-refractivity contribution >= 4 is 0 Å². The van der Waals surface area contributed by atoms with Crippen LogP contribution in [0.4, 0.5) is 4.39 Å². The number of rotatable bonds is 3. The molecule has 1 aliphatic heterocycles. The number of halogens is 1. The number of pyridine rings is 1. The van der Waals surface area contributed by atoms with Gasteiger partial charge in [0.25, 0.3) is 0 Å². The summed E-state index contributed by atoms with van der Waals surface area (Å²) in [5.74, 6) is -0.219. The summed E-state index contributed by atoms with van der Waals surface area (Å²) in [5.41, 5.74) is 5.44. The van der Waals surface area contributed by atoms with E-state index >= 15 is 0 Å². The SMILES string of the molecule is Fc1ccc(-c2[nH]c(C3CCCN3)cc2-c2ccncc2)cc1. The van der Waals surface area contributed by atoms with E-state index in [1.807, 2.05) is 24.3 Å². The van der Waals surface area contributed by atoms with Crippen molar-refractivity contribution in [1.29, 1.82) is 0 Å². The molecule has 23 heavy (non-hydrogen) atoms. The quantitative estimate of drug-likeness (QED) is 0.757. The number of H-pyrrole nitrogens is 1. The Hall–Kier alpha value is -2.46. The molecule has 1 fully saturated rings. The van der Waals surface area contributed by atoms with Crippen molar-refractivity contribution in [1.82, 2.24) is 15.3 Å². The van der Waals surface area contributed by atoms with E-state index in [4.69, 9.17) is 0 Å². The number of benzene rings is 1. The molecule has 0 aliphatic carbocycles. The molecule has 3 nitrogen and oxygen atoms in total. The second-order valence-corrected chi connectivity index (χ2v) is 5.91. The van der Waals surface area contributed by atoms with Crippen LogP contribution in [0.5, 0.6) is 0 Å². The molecule has 0 radical (unpaired) electrons. The van der Waals surface area contributed by atoms with Crippen molar-refractivity contribution in [2.24, 2.45) is 0 Å². The minimum absolute atomic E-state index is 0.219. The summed E-state index contributed by atoms with van der Waals surface area (Å²) in [6, 6.07) is 13.2. The van der Waals surface area contributed by atoms with Crippen LogP contribution < -0.4 is 5.32 Å². The van der Waals surface area contributed by atoms with Crippen molar-refractivity contribution < 1.29 is 4.39 Å². The van der Waals surface area contributed by atoms with Crippen LogP contribution in [-0.4, -0.2) is 16.5 Å². The van der Waals surface area contributed by atoms with Gasteiger partial charge in [-0.15, -0.1) is 0 Å². The van der Waals surface area contributed by atoms with Gasteiger partial charge in [0.1, 0.15) is 5.82 Å². The van der Waals surface area contributed by atoms with E-state index in [2.05, 4.69) is 21.4 Å². The molecule has 1 aromatic carbocycles. The maximum Gasteiger partial charge on any atom is 0.123 e. The van der Waals surface area contributed by atoms with Crippen molar-refractivity contribution in [3.05, 3.63) is 66.4 Å². The summed E-state index contributed by atoms with van der Waals surface area (Å²) < 4.78 is 13.2. The third kappa shape index (κ3) is 2.78. The molecule has 2 N–H and O–H groups in total. The first-order chi connectivity index (χ1) is 11.3. The molecule has 116 valence electrons. The lowest BCUT2D eigenvalue weighted by atomic mass is 10.0. The van der Waals surface area contributed by atoms with Crippen LogP contribution in [0, 0.1) is 5.82 Å². The van der Waals surface area contributed by atoms with E-state index in [-0.39, 0.29) is 5.82 Å². The molecule has 0 saturated carbocycles. The highest BCUT2D eigenvalue weighted by molar-refractivity contribution is 5.81. The Morgan fingerprint density at radius 2 is 1.78 bits per heavy atom. The molecule has 4 heteroatoms. The van der Waals surface area contributed by atoms with Crippen LogP contribution in [0.1, 0.15) is 24.6 Å². The molecule has 1 unspecified atom stereocenters. The van der Waals surface area contributed by atoms with Crippen LogP contribution in [0.2, 0.25) is 0 Å². The fourth-order valence-corrected chi connectivity index (χ4v) is 3.22. The van der Waals surface area contributed by atoms with Crippen molar-refractivity contribution in [3.8, 4) is 22.4 Å². The monoisotopic (exact) mass is 307 g/mol. The third-order valence-corrected chi connectivity index (χ3v) is 4.40. The Morgan fingerprint density at radius 1 is 1.00 bits per heavy atom. The number of aromatic nitrogens is 2. The lowest BCUT2D eigenvalue weighted by molar-refractivity contribution is 0.627. The van der Waals surface area contributed by atoms with E-state index in [1.54, 1.807) is 12.4 Å². The van der Waals surface area contributed by atoms with Gasteiger partial charge in [-0.1, -0.05) is 0 Å². The van der Waals surface area contributed by atoms with Crippen molar-refractivity contribution in [2.45, 2.75) is 18.9 Å². The number of aromatic amines is 1. The molecule has 1 aliphatic rings. The molecule has 0 spiro atoms. The predicted octanol–water partition coefficient (Wildman–Crippen LogP) is 4.31. The molecule has 1 saturated heterocycles. The molecule has 2 aromatic heterocycles. The van der Waals surface area contributed by atoms with Gasteiger partial charge < -0.3 is 10.3 Å². The van der Waals surface area contributed by atoms with Gasteiger partial charge in [0, 0.05) is 29.7 Å². The lowest BCUT2D eigenvalue weighted by Crippen LogP contribution is -2.12. The zero-order valence-electron chi connectivity index (χ0n) is 12.7. The summed E-state index contributed by atoms with van der Waals surface area (Å²) >= 11 is 0. The average molecular weight is 307 g/mol. The first-order valence-corrected chi connectivity index (χ1v) is 7.94. The topological polar surface area (TPSA) is 40.7 Å². The number of hydrogen-bond donors (Lipinski definition) is 2. The zero-order chi connectivity index (χ0) is 15.6. The Kier molecular flexibility index (Phi) is 3.67. The van der Waals surface area contributed by atoms with E-state index in [0.717, 1.165) is 35.3 Å². The summed E-state index contributed by atoms with van der Waals surface area (Å²) in [6.45, 7) is 1.06. The van der Waals surface area contributed by atoms with E-state index in [9.17, 15) is 4.39 Å². The lowest BCUT2D eigenvalue weighted by Gasteiger charge is -2.07. The van der Waals surface area contributed by atoms with Gasteiger partial charge in [0.15, 0.2) is 0 Å². The van der Waals surface area contributed by atoms with E-state index in [1.165, 1.54) is 24.2 Å². The van der Waals surface area contributed by atoms with Gasteiger partial charge >= 0.3 is 0 Å². The minimum Gasteiger partial charge on any atom is -0.357 e. The van der Waals surface area contributed by atoms with Gasteiger partial charge in [-0.3, -0.25) is 4.98 Å². The number of hydrogen-bond acceptors (Lipinski definition) is 2. The van der Waals surface area contributed by atoms with E-state index in [0.29, 0.717) is 6.04 Å². The van der Waals surface area contributed by atoms with Crippen LogP contribution in [0.25, 0.3) is 22.4 Å². The van der Waals surface area contributed by atoms with Gasteiger partial charge in [0.05, 0.1) is 5.69 Å². The highest BCUT2D eigenvalue weighted by Gasteiger charge is 2.21. The highest BCUT2D eigenvalue weighted by Crippen LogP contribution is 2.35. The smallest absolute Gasteiger partial charge is 0.123 e. The summed E-state index contributed by atoms with van der Waals surface area (Å²) in [7, 11) is 0. The molecule has 0 bridgehead atoms. The van der Waals surface area contributed by atoms with Crippen LogP contribution in [0.3, 0.4) is 0 Å². The van der Waals surface area contributed by atoms with Crippen LogP contribution in [-0.2, 0) is 0 Å². The Labute approximate surface area is 134 Å². The zero-order valence-corrected chi connectivity index (χ0v) is 12.7. The largest absolute Gasteiger partial charge is 0.357 e. The molecule has 4 rings (SSSR count). The molecule has 3 heterocycles. The number of nitrogens with zero attached hydrogens (tertiary/aromatic N) is 1. The molecule has 1 atom stereocenters. The van der Waals surface area contributed by atoms with Gasteiger partial charge in [-0.05, 0) is 73.0 Å². The van der Waals surface area contributed by atoms with Crippen LogP contribution in [0.15, 0.2) is 54.9 Å². The third-order valence-electron chi connectivity index (χ3n) is 4.40. The molecule has 3 aromatic rings. The highest BCUT2D eigenvalue weighted by atomic mass is 19.1. The van der Waals surface area contributed by atoms with Crippen LogP contribution >= 0.6 is 0 Å². The summed E-state index contributed by atoms with van der Waals surface area (Å²) in [5, 5.41) is 3.52. The Balaban J connectivity index is 1.83. The summed E-state index contributed by atoms with van der Waals surface area (Å²) in [4.78, 5) is 7.65.